The number of nitrogens with zero attached hydrogens (tertiary/aromatic N) is 2. The predicted molar refractivity (Wildman–Crippen MR) is 85.2 cm³/mol. The Morgan fingerprint density at radius 3 is 2.40 bits per heavy atom. The van der Waals surface area contributed by atoms with Gasteiger partial charge in [-0.25, -0.2) is 17.2 Å². The van der Waals surface area contributed by atoms with Crippen LogP contribution in [0.4, 0.5) is 8.78 Å². The summed E-state index contributed by atoms with van der Waals surface area (Å²) < 4.78 is 59.4. The molecule has 1 aromatic carbocycles. The molecule has 1 aromatic rings. The summed E-state index contributed by atoms with van der Waals surface area (Å²) in [5, 5.41) is 0. The number of amides is 1. The van der Waals surface area contributed by atoms with Crippen LogP contribution in [0.15, 0.2) is 23.1 Å². The highest BCUT2D eigenvalue weighted by atomic mass is 32.2. The highest BCUT2D eigenvalue weighted by Gasteiger charge is 2.37. The number of sulfonamides is 1. The average molecular weight is 374 g/mol. The van der Waals surface area contributed by atoms with Crippen molar-refractivity contribution in [3.8, 4) is 0 Å². The molecule has 0 bridgehead atoms. The van der Waals surface area contributed by atoms with Crippen molar-refractivity contribution in [2.75, 3.05) is 39.4 Å². The van der Waals surface area contributed by atoms with Gasteiger partial charge in [0.1, 0.15) is 11.6 Å². The number of ether oxygens (including phenoxy) is 1. The van der Waals surface area contributed by atoms with Crippen LogP contribution in [0.3, 0.4) is 0 Å². The third kappa shape index (κ3) is 3.68. The Kier molecular flexibility index (Phi) is 5.35. The molecule has 9 heteroatoms. The molecule has 1 amide bonds. The molecule has 3 rings (SSSR count). The normalized spacial score (nSPS) is 22.8. The Morgan fingerprint density at radius 1 is 1.12 bits per heavy atom. The summed E-state index contributed by atoms with van der Waals surface area (Å²) in [5.41, 5.74) is 0. The smallest absolute Gasteiger partial charge is 0.248 e. The topological polar surface area (TPSA) is 66.9 Å². The van der Waals surface area contributed by atoms with Gasteiger partial charge in [0, 0.05) is 26.2 Å². The first-order chi connectivity index (χ1) is 11.9. The van der Waals surface area contributed by atoms with Gasteiger partial charge in [0.15, 0.2) is 4.90 Å². The summed E-state index contributed by atoms with van der Waals surface area (Å²) in [4.78, 5) is 13.3. The largest absolute Gasteiger partial charge is 0.378 e. The van der Waals surface area contributed by atoms with Crippen molar-refractivity contribution in [1.29, 1.82) is 0 Å². The Morgan fingerprint density at radius 2 is 1.76 bits per heavy atom. The minimum atomic E-state index is -4.33. The van der Waals surface area contributed by atoms with Crippen molar-refractivity contribution in [3.05, 3.63) is 29.8 Å². The van der Waals surface area contributed by atoms with E-state index < -0.39 is 32.5 Å². The Hall–Kier alpha value is -1.58. The fourth-order valence-corrected chi connectivity index (χ4v) is 4.90. The first kappa shape index (κ1) is 18.2. The van der Waals surface area contributed by atoms with Gasteiger partial charge in [-0.2, -0.15) is 4.31 Å². The molecule has 0 spiro atoms. The summed E-state index contributed by atoms with van der Waals surface area (Å²) in [6, 6.07) is 2.94. The number of rotatable bonds is 3. The molecule has 2 aliphatic heterocycles. The summed E-state index contributed by atoms with van der Waals surface area (Å²) in [6.07, 6.45) is 1.03. The maximum absolute atomic E-state index is 13.9. The molecule has 2 heterocycles. The summed E-state index contributed by atoms with van der Waals surface area (Å²) in [5.74, 6) is -2.88. The maximum Gasteiger partial charge on any atom is 0.248 e. The van der Waals surface area contributed by atoms with Crippen LogP contribution in [0.25, 0.3) is 0 Å². The van der Waals surface area contributed by atoms with E-state index in [9.17, 15) is 22.0 Å². The van der Waals surface area contributed by atoms with Crippen LogP contribution >= 0.6 is 0 Å². The van der Waals surface area contributed by atoms with Crippen molar-refractivity contribution in [2.24, 2.45) is 5.92 Å². The van der Waals surface area contributed by atoms with Crippen molar-refractivity contribution < 1.29 is 26.7 Å². The zero-order valence-corrected chi connectivity index (χ0v) is 14.5. The lowest BCUT2D eigenvalue weighted by atomic mass is 9.98. The van der Waals surface area contributed by atoms with E-state index in [1.165, 1.54) is 0 Å². The molecule has 25 heavy (non-hydrogen) atoms. The maximum atomic E-state index is 13.9. The zero-order valence-electron chi connectivity index (χ0n) is 13.7. The van der Waals surface area contributed by atoms with Gasteiger partial charge in [0.05, 0.1) is 19.1 Å². The standard InChI is InChI=1S/C16H20F2N2O4S/c17-13-4-1-5-14(18)15(13)25(22,23)20-6-2-3-12(11-20)16(21)19-7-9-24-10-8-19/h1,4-5,12H,2-3,6-11H2. The average Bonchev–Trinajstić information content (AvgIpc) is 2.61. The second-order valence-electron chi connectivity index (χ2n) is 6.19. The molecule has 0 radical (unpaired) electrons. The van der Waals surface area contributed by atoms with Gasteiger partial charge < -0.3 is 9.64 Å². The highest BCUT2D eigenvalue weighted by molar-refractivity contribution is 7.89. The van der Waals surface area contributed by atoms with Crippen molar-refractivity contribution in [3.63, 3.8) is 0 Å². The highest BCUT2D eigenvalue weighted by Crippen LogP contribution is 2.28. The molecule has 6 nitrogen and oxygen atoms in total. The van der Waals surface area contributed by atoms with E-state index in [0.29, 0.717) is 39.1 Å². The van der Waals surface area contributed by atoms with Gasteiger partial charge in [0.25, 0.3) is 0 Å². The Balaban J connectivity index is 1.79. The van der Waals surface area contributed by atoms with Crippen LogP contribution in [0.2, 0.25) is 0 Å². The summed E-state index contributed by atoms with van der Waals surface area (Å²) >= 11 is 0. The summed E-state index contributed by atoms with van der Waals surface area (Å²) in [7, 11) is -4.33. The minimum absolute atomic E-state index is 0.0632. The summed E-state index contributed by atoms with van der Waals surface area (Å²) in [6.45, 7) is 1.95. The van der Waals surface area contributed by atoms with Crippen molar-refractivity contribution in [1.82, 2.24) is 9.21 Å². The second-order valence-corrected chi connectivity index (χ2v) is 8.07. The van der Waals surface area contributed by atoms with E-state index in [1.54, 1.807) is 4.90 Å². The van der Waals surface area contributed by atoms with E-state index >= 15 is 0 Å². The molecule has 0 aliphatic carbocycles. The lowest BCUT2D eigenvalue weighted by Gasteiger charge is -2.35. The number of benzene rings is 1. The van der Waals surface area contributed by atoms with E-state index in [-0.39, 0.29) is 19.0 Å². The molecule has 2 aliphatic rings. The Bertz CT molecular complexity index is 730. The van der Waals surface area contributed by atoms with E-state index in [4.69, 9.17) is 4.74 Å². The number of carbonyl (C=O) groups is 1. The first-order valence-corrected chi connectivity index (χ1v) is 9.66. The van der Waals surface area contributed by atoms with Crippen molar-refractivity contribution in [2.45, 2.75) is 17.7 Å². The number of halogens is 2. The van der Waals surface area contributed by atoms with Gasteiger partial charge in [-0.05, 0) is 25.0 Å². The third-order valence-electron chi connectivity index (χ3n) is 4.57. The van der Waals surface area contributed by atoms with Crippen LogP contribution in [0, 0.1) is 17.6 Å². The van der Waals surface area contributed by atoms with Crippen LogP contribution in [-0.4, -0.2) is 62.9 Å². The van der Waals surface area contributed by atoms with E-state index in [2.05, 4.69) is 0 Å². The van der Waals surface area contributed by atoms with Crippen LogP contribution in [0.5, 0.6) is 0 Å². The molecule has 2 fully saturated rings. The SMILES string of the molecule is O=C(C1CCCN(S(=O)(=O)c2c(F)cccc2F)C1)N1CCOCC1. The second kappa shape index (κ2) is 7.35. The molecule has 0 N–H and O–H groups in total. The molecule has 1 unspecified atom stereocenters. The molecule has 138 valence electrons. The molecular weight excluding hydrogens is 354 g/mol. The van der Waals surface area contributed by atoms with Crippen molar-refractivity contribution >= 4 is 15.9 Å². The van der Waals surface area contributed by atoms with Gasteiger partial charge in [0.2, 0.25) is 15.9 Å². The number of carbonyl (C=O) groups excluding carboxylic acids is 1. The fourth-order valence-electron chi connectivity index (χ4n) is 3.26. The fraction of sp³-hybridized carbons (Fsp3) is 0.562. The van der Waals surface area contributed by atoms with Crippen LogP contribution in [0.1, 0.15) is 12.8 Å². The van der Waals surface area contributed by atoms with E-state index in [1.807, 2.05) is 0 Å². The van der Waals surface area contributed by atoms with E-state index in [0.717, 1.165) is 22.5 Å². The first-order valence-electron chi connectivity index (χ1n) is 8.22. The number of piperidine rings is 1. The third-order valence-corrected chi connectivity index (χ3v) is 6.49. The Labute approximate surface area is 145 Å². The van der Waals surface area contributed by atoms with Gasteiger partial charge in [-0.1, -0.05) is 6.07 Å². The molecular formula is C16H20F2N2O4S. The number of hydrogen-bond donors (Lipinski definition) is 0. The van der Waals surface area contributed by atoms with Gasteiger partial charge in [-0.15, -0.1) is 0 Å². The minimum Gasteiger partial charge on any atom is -0.378 e. The lowest BCUT2D eigenvalue weighted by Crippen LogP contribution is -2.49. The van der Waals surface area contributed by atoms with Crippen LogP contribution in [-0.2, 0) is 19.6 Å². The molecule has 0 aromatic heterocycles. The van der Waals surface area contributed by atoms with Gasteiger partial charge >= 0.3 is 0 Å². The quantitative estimate of drug-likeness (QED) is 0.798. The van der Waals surface area contributed by atoms with Gasteiger partial charge in [-0.3, -0.25) is 4.79 Å². The zero-order chi connectivity index (χ0) is 18.0. The predicted octanol–water partition coefficient (Wildman–Crippen LogP) is 1.22. The number of hydrogen-bond acceptors (Lipinski definition) is 4. The molecule has 2 saturated heterocycles. The monoisotopic (exact) mass is 374 g/mol. The van der Waals surface area contributed by atoms with Crippen LogP contribution < -0.4 is 0 Å². The molecule has 1 atom stereocenters. The number of morpholine rings is 1. The molecule has 0 saturated carbocycles. The lowest BCUT2D eigenvalue weighted by molar-refractivity contribution is -0.140.